The zero-order valence-corrected chi connectivity index (χ0v) is 10.3. The lowest BCUT2D eigenvalue weighted by molar-refractivity contribution is 0.109. The first-order valence-electron chi connectivity index (χ1n) is 6.39. The quantitative estimate of drug-likeness (QED) is 0.703. The van der Waals surface area contributed by atoms with E-state index >= 15 is 0 Å². The van der Waals surface area contributed by atoms with Crippen LogP contribution in [0.15, 0.2) is 6.33 Å². The van der Waals surface area contributed by atoms with Crippen molar-refractivity contribution in [2.45, 2.75) is 51.5 Å². The predicted molar refractivity (Wildman–Crippen MR) is 64.2 cm³/mol. The second-order valence-corrected chi connectivity index (χ2v) is 6.18. The second-order valence-electron chi connectivity index (χ2n) is 6.18. The van der Waals surface area contributed by atoms with Gasteiger partial charge in [-0.15, -0.1) is 0 Å². The highest BCUT2D eigenvalue weighted by atomic mass is 15.1. The molecule has 1 unspecified atom stereocenters. The molecule has 0 saturated heterocycles. The minimum absolute atomic E-state index is 0.162. The van der Waals surface area contributed by atoms with Gasteiger partial charge in [-0.2, -0.15) is 0 Å². The van der Waals surface area contributed by atoms with E-state index in [1.807, 2.05) is 6.33 Å². The van der Waals surface area contributed by atoms with Gasteiger partial charge in [0.15, 0.2) is 0 Å². The highest BCUT2D eigenvalue weighted by molar-refractivity contribution is 5.26. The summed E-state index contributed by atoms with van der Waals surface area (Å²) in [5.74, 6) is 0. The molecule has 1 aliphatic heterocycles. The molecule has 1 fully saturated rings. The van der Waals surface area contributed by atoms with Gasteiger partial charge in [-0.3, -0.25) is 0 Å². The number of imidazole rings is 1. The normalized spacial score (nSPS) is 32.6. The lowest BCUT2D eigenvalue weighted by Gasteiger charge is -2.47. The fraction of sp³-hybridized carbons (Fsp3) is 0.769. The first-order chi connectivity index (χ1) is 7.61. The number of H-pyrrole nitrogens is 1. The molecule has 0 aromatic carbocycles. The third kappa shape index (κ3) is 1.49. The van der Waals surface area contributed by atoms with Gasteiger partial charge < -0.3 is 10.3 Å². The molecule has 3 rings (SSSR count). The number of nitrogens with one attached hydrogen (secondary N) is 2. The topological polar surface area (TPSA) is 40.7 Å². The molecule has 2 N–H and O–H groups in total. The summed E-state index contributed by atoms with van der Waals surface area (Å²) in [5.41, 5.74) is 3.26. The Labute approximate surface area is 97.0 Å². The number of rotatable bonds is 0. The van der Waals surface area contributed by atoms with Gasteiger partial charge >= 0.3 is 0 Å². The van der Waals surface area contributed by atoms with Crippen LogP contribution in [0.4, 0.5) is 0 Å². The van der Waals surface area contributed by atoms with Crippen molar-refractivity contribution < 1.29 is 0 Å². The fourth-order valence-electron chi connectivity index (χ4n) is 3.65. The lowest BCUT2D eigenvalue weighted by atomic mass is 9.65. The van der Waals surface area contributed by atoms with E-state index in [0.717, 1.165) is 13.0 Å². The van der Waals surface area contributed by atoms with E-state index in [1.165, 1.54) is 37.1 Å². The van der Waals surface area contributed by atoms with Crippen LogP contribution in [-0.4, -0.2) is 16.5 Å². The number of aromatic amines is 1. The van der Waals surface area contributed by atoms with Gasteiger partial charge in [-0.1, -0.05) is 20.3 Å². The summed E-state index contributed by atoms with van der Waals surface area (Å²) in [6, 6.07) is 0. The van der Waals surface area contributed by atoms with Crippen molar-refractivity contribution in [3.8, 4) is 0 Å². The van der Waals surface area contributed by atoms with E-state index in [4.69, 9.17) is 0 Å². The summed E-state index contributed by atoms with van der Waals surface area (Å²) < 4.78 is 0. The Morgan fingerprint density at radius 1 is 1.31 bits per heavy atom. The average molecular weight is 219 g/mol. The summed E-state index contributed by atoms with van der Waals surface area (Å²) in [6.45, 7) is 5.86. The van der Waals surface area contributed by atoms with Crippen LogP contribution >= 0.6 is 0 Å². The zero-order valence-electron chi connectivity index (χ0n) is 10.3. The maximum Gasteiger partial charge on any atom is 0.0926 e. The third-order valence-electron chi connectivity index (χ3n) is 4.25. The van der Waals surface area contributed by atoms with Gasteiger partial charge in [0, 0.05) is 18.7 Å². The van der Waals surface area contributed by atoms with Gasteiger partial charge in [0.1, 0.15) is 0 Å². The molecular weight excluding hydrogens is 198 g/mol. The van der Waals surface area contributed by atoms with E-state index in [-0.39, 0.29) is 5.54 Å². The largest absolute Gasteiger partial charge is 0.348 e. The van der Waals surface area contributed by atoms with Crippen LogP contribution in [0.1, 0.15) is 50.9 Å². The summed E-state index contributed by atoms with van der Waals surface area (Å²) in [6.07, 6.45) is 8.08. The molecule has 2 heterocycles. The van der Waals surface area contributed by atoms with Crippen molar-refractivity contribution in [3.63, 3.8) is 0 Å². The van der Waals surface area contributed by atoms with Crippen LogP contribution in [0.25, 0.3) is 0 Å². The minimum Gasteiger partial charge on any atom is -0.348 e. The molecule has 1 spiro atoms. The van der Waals surface area contributed by atoms with Crippen molar-refractivity contribution in [2.24, 2.45) is 5.41 Å². The van der Waals surface area contributed by atoms with Crippen molar-refractivity contribution in [2.75, 3.05) is 6.54 Å². The first kappa shape index (κ1) is 10.3. The van der Waals surface area contributed by atoms with Crippen LogP contribution in [-0.2, 0) is 12.0 Å². The Morgan fingerprint density at radius 2 is 2.19 bits per heavy atom. The van der Waals surface area contributed by atoms with Crippen molar-refractivity contribution in [1.82, 2.24) is 15.3 Å². The standard InChI is InChI=1S/C13H21N3/c1-12(2)5-3-6-13(8-12)11-10(4-7-16-13)14-9-15-11/h9,16H,3-8H2,1-2H3,(H,14,15). The predicted octanol–water partition coefficient (Wildman–Crippen LogP) is 2.35. The number of nitrogens with zero attached hydrogens (tertiary/aromatic N) is 1. The summed E-state index contributed by atoms with van der Waals surface area (Å²) in [4.78, 5) is 7.89. The monoisotopic (exact) mass is 219 g/mol. The number of fused-ring (bicyclic) bond motifs is 2. The van der Waals surface area contributed by atoms with E-state index in [0.29, 0.717) is 5.41 Å². The molecular formula is C13H21N3. The Morgan fingerprint density at radius 3 is 3.00 bits per heavy atom. The smallest absolute Gasteiger partial charge is 0.0926 e. The molecule has 2 aliphatic rings. The first-order valence-corrected chi connectivity index (χ1v) is 6.39. The van der Waals surface area contributed by atoms with E-state index in [1.54, 1.807) is 0 Å². The number of aromatic nitrogens is 2. The van der Waals surface area contributed by atoms with E-state index in [2.05, 4.69) is 29.1 Å². The van der Waals surface area contributed by atoms with Gasteiger partial charge in [0.2, 0.25) is 0 Å². The third-order valence-corrected chi connectivity index (χ3v) is 4.25. The fourth-order valence-corrected chi connectivity index (χ4v) is 3.65. The second kappa shape index (κ2) is 3.33. The Kier molecular flexibility index (Phi) is 2.15. The van der Waals surface area contributed by atoms with Crippen molar-refractivity contribution in [1.29, 1.82) is 0 Å². The number of hydrogen-bond acceptors (Lipinski definition) is 2. The summed E-state index contributed by atoms with van der Waals surface area (Å²) >= 11 is 0. The van der Waals surface area contributed by atoms with Crippen LogP contribution in [0.3, 0.4) is 0 Å². The zero-order chi connectivity index (χ0) is 11.2. The minimum atomic E-state index is 0.162. The van der Waals surface area contributed by atoms with Gasteiger partial charge in [0.05, 0.1) is 17.6 Å². The van der Waals surface area contributed by atoms with Crippen LogP contribution in [0.5, 0.6) is 0 Å². The summed E-state index contributed by atoms with van der Waals surface area (Å²) in [7, 11) is 0. The molecule has 88 valence electrons. The molecule has 0 radical (unpaired) electrons. The Hall–Kier alpha value is -0.830. The molecule has 0 amide bonds. The SMILES string of the molecule is CC1(C)CCCC2(C1)NCCc1[nH]cnc12. The van der Waals surface area contributed by atoms with Gasteiger partial charge in [-0.05, 0) is 24.7 Å². The van der Waals surface area contributed by atoms with Crippen molar-refractivity contribution in [3.05, 3.63) is 17.7 Å². The van der Waals surface area contributed by atoms with Crippen LogP contribution < -0.4 is 5.32 Å². The van der Waals surface area contributed by atoms with Gasteiger partial charge in [-0.25, -0.2) is 4.98 Å². The molecule has 1 aliphatic carbocycles. The number of hydrogen-bond donors (Lipinski definition) is 2. The van der Waals surface area contributed by atoms with E-state index < -0.39 is 0 Å². The Balaban J connectivity index is 2.00. The summed E-state index contributed by atoms with van der Waals surface area (Å²) in [5, 5.41) is 3.75. The maximum absolute atomic E-state index is 4.58. The molecule has 1 aromatic heterocycles. The average Bonchev–Trinajstić information content (AvgIpc) is 2.65. The van der Waals surface area contributed by atoms with Crippen LogP contribution in [0, 0.1) is 5.41 Å². The molecule has 3 nitrogen and oxygen atoms in total. The molecule has 1 aromatic rings. The molecule has 0 bridgehead atoms. The molecule has 1 saturated carbocycles. The lowest BCUT2D eigenvalue weighted by Crippen LogP contribution is -2.52. The van der Waals surface area contributed by atoms with E-state index in [9.17, 15) is 0 Å². The molecule has 16 heavy (non-hydrogen) atoms. The molecule has 3 heteroatoms. The van der Waals surface area contributed by atoms with Gasteiger partial charge in [0.25, 0.3) is 0 Å². The van der Waals surface area contributed by atoms with Crippen LogP contribution in [0.2, 0.25) is 0 Å². The van der Waals surface area contributed by atoms with Crippen molar-refractivity contribution >= 4 is 0 Å². The molecule has 1 atom stereocenters. The Bertz CT molecular complexity index is 394. The highest BCUT2D eigenvalue weighted by Crippen LogP contribution is 2.47. The maximum atomic E-state index is 4.58. The highest BCUT2D eigenvalue weighted by Gasteiger charge is 2.44.